The van der Waals surface area contributed by atoms with Crippen molar-refractivity contribution in [3.63, 3.8) is 0 Å². The predicted molar refractivity (Wildman–Crippen MR) is 158 cm³/mol. The molecule has 0 aliphatic heterocycles. The quantitative estimate of drug-likeness (QED) is 0.253. The fraction of sp³-hybridized carbons (Fsp3) is 0.176. The van der Waals surface area contributed by atoms with E-state index < -0.39 is 7.26 Å². The molecule has 4 aromatic carbocycles. The van der Waals surface area contributed by atoms with Crippen LogP contribution >= 0.6 is 7.26 Å². The van der Waals surface area contributed by atoms with Gasteiger partial charge in [0, 0.05) is 5.56 Å². The van der Waals surface area contributed by atoms with Crippen LogP contribution in [0.3, 0.4) is 0 Å². The van der Waals surface area contributed by atoms with Gasteiger partial charge >= 0.3 is 0 Å². The first-order valence-electron chi connectivity index (χ1n) is 12.4. The van der Waals surface area contributed by atoms with E-state index >= 15 is 0 Å². The highest BCUT2D eigenvalue weighted by atomic mass is 79.9. The van der Waals surface area contributed by atoms with E-state index in [-0.39, 0.29) is 17.0 Å². The summed E-state index contributed by atoms with van der Waals surface area (Å²) in [4.78, 5) is 0. The van der Waals surface area contributed by atoms with Crippen molar-refractivity contribution in [3.8, 4) is 17.6 Å². The van der Waals surface area contributed by atoms with Gasteiger partial charge < -0.3 is 21.7 Å². The summed E-state index contributed by atoms with van der Waals surface area (Å²) >= 11 is 0. The first-order chi connectivity index (χ1) is 17.5. The van der Waals surface area contributed by atoms with Gasteiger partial charge in [-0.3, -0.25) is 0 Å². The third-order valence-electron chi connectivity index (χ3n) is 6.92. The number of hydrogen-bond donors (Lipinski definition) is 0. The Hall–Kier alpha value is -3.11. The summed E-state index contributed by atoms with van der Waals surface area (Å²) in [7, 11) is -0.178. The van der Waals surface area contributed by atoms with Gasteiger partial charge in [0.2, 0.25) is 0 Å². The SMILES string of the molecule is COc1cc(C)c(C#C/C(C)=C\C[P+](c2ccccc2)(c2ccccc2)c2ccccc2)c(C)c1C.[Br-]. The van der Waals surface area contributed by atoms with Crippen molar-refractivity contribution in [1.82, 2.24) is 0 Å². The molecule has 0 spiro atoms. The highest BCUT2D eigenvalue weighted by Gasteiger charge is 2.44. The number of benzene rings is 4. The van der Waals surface area contributed by atoms with E-state index in [1.165, 1.54) is 21.5 Å². The number of methoxy groups -OCH3 is 1. The normalized spacial score (nSPS) is 11.2. The number of ether oxygens (including phenoxy) is 1. The molecule has 0 fully saturated rings. The molecule has 0 aromatic heterocycles. The Morgan fingerprint density at radius 2 is 1.22 bits per heavy atom. The first-order valence-corrected chi connectivity index (χ1v) is 14.3. The molecule has 0 N–H and O–H groups in total. The van der Waals surface area contributed by atoms with Gasteiger partial charge in [-0.15, -0.1) is 0 Å². The van der Waals surface area contributed by atoms with Gasteiger partial charge in [-0.25, -0.2) is 0 Å². The van der Waals surface area contributed by atoms with Crippen LogP contribution in [0.2, 0.25) is 0 Å². The maximum Gasteiger partial charge on any atom is 0.122 e. The lowest BCUT2D eigenvalue weighted by atomic mass is 9.97. The second kappa shape index (κ2) is 12.9. The number of halogens is 1. The molecule has 4 rings (SSSR count). The lowest BCUT2D eigenvalue weighted by Gasteiger charge is -2.26. The van der Waals surface area contributed by atoms with Gasteiger partial charge in [-0.1, -0.05) is 66.4 Å². The number of rotatable bonds is 6. The predicted octanol–water partition coefficient (Wildman–Crippen LogP) is 3.92. The van der Waals surface area contributed by atoms with Gasteiger partial charge in [-0.05, 0) is 98.5 Å². The molecule has 0 atom stereocenters. The van der Waals surface area contributed by atoms with Crippen molar-refractivity contribution in [2.75, 3.05) is 13.3 Å². The van der Waals surface area contributed by atoms with Gasteiger partial charge in [0.25, 0.3) is 0 Å². The minimum Gasteiger partial charge on any atom is -1.00 e. The van der Waals surface area contributed by atoms with Crippen molar-refractivity contribution in [3.05, 3.63) is 131 Å². The van der Waals surface area contributed by atoms with E-state index in [4.69, 9.17) is 4.74 Å². The summed E-state index contributed by atoms with van der Waals surface area (Å²) in [5.74, 6) is 7.85. The molecule has 0 heterocycles. The van der Waals surface area contributed by atoms with Gasteiger partial charge in [0.15, 0.2) is 0 Å². The van der Waals surface area contributed by atoms with Crippen LogP contribution in [0.15, 0.2) is 109 Å². The molecule has 0 amide bonds. The molecule has 1 nitrogen and oxygen atoms in total. The molecule has 0 radical (unpaired) electrons. The lowest BCUT2D eigenvalue weighted by Crippen LogP contribution is -3.00. The summed E-state index contributed by atoms with van der Waals surface area (Å²) in [6.45, 7) is 8.46. The summed E-state index contributed by atoms with van der Waals surface area (Å²) in [6, 6.07) is 35.0. The summed E-state index contributed by atoms with van der Waals surface area (Å²) in [5.41, 5.74) is 5.67. The van der Waals surface area contributed by atoms with Gasteiger partial charge in [0.1, 0.15) is 28.9 Å². The minimum absolute atomic E-state index is 0. The number of hydrogen-bond acceptors (Lipinski definition) is 1. The molecule has 37 heavy (non-hydrogen) atoms. The van der Waals surface area contributed by atoms with Crippen LogP contribution in [0.25, 0.3) is 0 Å². The summed E-state index contributed by atoms with van der Waals surface area (Å²) in [6.07, 6.45) is 3.26. The third-order valence-corrected chi connectivity index (χ3v) is 11.2. The molecule has 0 saturated carbocycles. The van der Waals surface area contributed by atoms with Gasteiger partial charge in [-0.2, -0.15) is 0 Å². The summed E-state index contributed by atoms with van der Waals surface area (Å²) < 4.78 is 5.53. The second-order valence-corrected chi connectivity index (χ2v) is 12.7. The Labute approximate surface area is 233 Å². The van der Waals surface area contributed by atoms with E-state index in [0.29, 0.717) is 0 Å². The van der Waals surface area contributed by atoms with E-state index in [9.17, 15) is 0 Å². The van der Waals surface area contributed by atoms with Crippen molar-refractivity contribution in [1.29, 1.82) is 0 Å². The fourth-order valence-corrected chi connectivity index (χ4v) is 8.86. The van der Waals surface area contributed by atoms with Crippen molar-refractivity contribution < 1.29 is 21.7 Å². The van der Waals surface area contributed by atoms with Crippen LogP contribution in [0, 0.1) is 32.6 Å². The molecule has 0 saturated heterocycles. The van der Waals surface area contributed by atoms with Crippen molar-refractivity contribution in [2.24, 2.45) is 0 Å². The molecule has 4 aromatic rings. The van der Waals surface area contributed by atoms with Crippen LogP contribution in [0.1, 0.15) is 29.2 Å². The average molecular weight is 570 g/mol. The zero-order valence-electron chi connectivity index (χ0n) is 22.3. The number of allylic oxidation sites excluding steroid dienone is 2. The van der Waals surface area contributed by atoms with Crippen LogP contribution in [0.5, 0.6) is 5.75 Å². The third kappa shape index (κ3) is 6.07. The molecule has 0 aliphatic carbocycles. The average Bonchev–Trinajstić information content (AvgIpc) is 2.93. The van der Waals surface area contributed by atoms with Crippen LogP contribution in [-0.2, 0) is 0 Å². The van der Waals surface area contributed by atoms with Crippen LogP contribution < -0.4 is 37.6 Å². The van der Waals surface area contributed by atoms with Crippen molar-refractivity contribution >= 4 is 23.2 Å². The van der Waals surface area contributed by atoms with E-state index in [0.717, 1.165) is 34.2 Å². The minimum atomic E-state index is -1.90. The van der Waals surface area contributed by atoms with Crippen LogP contribution in [-0.4, -0.2) is 13.3 Å². The summed E-state index contributed by atoms with van der Waals surface area (Å²) in [5, 5.41) is 4.16. The van der Waals surface area contributed by atoms with Crippen LogP contribution in [0.4, 0.5) is 0 Å². The monoisotopic (exact) mass is 568 g/mol. The van der Waals surface area contributed by atoms with E-state index in [2.05, 4.69) is 143 Å². The second-order valence-electron chi connectivity index (χ2n) is 9.16. The number of aryl methyl sites for hydroxylation is 1. The Kier molecular flexibility index (Phi) is 9.93. The topological polar surface area (TPSA) is 9.23 Å². The highest BCUT2D eigenvalue weighted by Crippen LogP contribution is 2.55. The molecule has 0 aliphatic rings. The molecular weight excluding hydrogens is 535 g/mol. The Morgan fingerprint density at radius 1 is 0.757 bits per heavy atom. The Balaban J connectivity index is 0.00000380. The largest absolute Gasteiger partial charge is 1.00 e. The molecular formula is C34H34BrOP. The maximum absolute atomic E-state index is 5.53. The zero-order chi connectivity index (χ0) is 25.5. The maximum atomic E-state index is 5.53. The zero-order valence-corrected chi connectivity index (χ0v) is 24.7. The van der Waals surface area contributed by atoms with E-state index in [1.807, 2.05) is 0 Å². The Bertz CT molecular complexity index is 1320. The lowest BCUT2D eigenvalue weighted by molar-refractivity contribution is -0.00000757. The fourth-order valence-electron chi connectivity index (χ4n) is 4.75. The molecule has 0 bridgehead atoms. The van der Waals surface area contributed by atoms with Crippen molar-refractivity contribution in [2.45, 2.75) is 27.7 Å². The smallest absolute Gasteiger partial charge is 0.122 e. The Morgan fingerprint density at radius 3 is 1.65 bits per heavy atom. The van der Waals surface area contributed by atoms with E-state index in [1.54, 1.807) is 7.11 Å². The molecule has 188 valence electrons. The molecule has 0 unspecified atom stereocenters. The standard InChI is InChI=1S/C34H34OP.BrH/c1-26(21-22-33-27(2)25-34(35-5)29(4)28(33)3)23-24-36(30-15-9-6-10-16-30,31-17-11-7-12-18-31)32-19-13-8-14-20-32;/h6-20,23,25H,24H2,1-5H3;1H/q+1;/p-1/b26-23-;. The molecule has 3 heteroatoms. The highest BCUT2D eigenvalue weighted by molar-refractivity contribution is 7.95. The van der Waals surface area contributed by atoms with Gasteiger partial charge in [0.05, 0.1) is 13.3 Å². The first kappa shape index (κ1) is 28.5.